The number of carbonyl (C=O) groups is 1. The van der Waals surface area contributed by atoms with Crippen molar-refractivity contribution in [3.05, 3.63) is 53.0 Å². The third kappa shape index (κ3) is 3.77. The topological polar surface area (TPSA) is 54.9 Å². The highest BCUT2D eigenvalue weighted by Gasteiger charge is 2.30. The molecule has 1 N–H and O–H groups in total. The summed E-state index contributed by atoms with van der Waals surface area (Å²) in [7, 11) is 0. The SMILES string of the molecule is Cc1cc(NC(=O)c2cccc(C(F)(F)F)c2)nc(C)n1. The molecule has 0 unspecified atom stereocenters. The van der Waals surface area contributed by atoms with Gasteiger partial charge >= 0.3 is 6.18 Å². The van der Waals surface area contributed by atoms with Crippen molar-refractivity contribution in [2.24, 2.45) is 0 Å². The van der Waals surface area contributed by atoms with Gasteiger partial charge < -0.3 is 5.32 Å². The van der Waals surface area contributed by atoms with Gasteiger partial charge in [0.15, 0.2) is 0 Å². The van der Waals surface area contributed by atoms with E-state index in [4.69, 9.17) is 0 Å². The van der Waals surface area contributed by atoms with E-state index in [1.807, 2.05) is 0 Å². The Morgan fingerprint density at radius 3 is 2.48 bits per heavy atom. The minimum atomic E-state index is -4.49. The van der Waals surface area contributed by atoms with Crippen molar-refractivity contribution in [3.63, 3.8) is 0 Å². The molecule has 0 aliphatic heterocycles. The minimum Gasteiger partial charge on any atom is -0.306 e. The van der Waals surface area contributed by atoms with Gasteiger partial charge in [0.1, 0.15) is 11.6 Å². The Morgan fingerprint density at radius 2 is 1.86 bits per heavy atom. The number of amides is 1. The van der Waals surface area contributed by atoms with Crippen LogP contribution in [-0.2, 0) is 6.18 Å². The Bertz CT molecular complexity index is 663. The predicted octanol–water partition coefficient (Wildman–Crippen LogP) is 3.36. The summed E-state index contributed by atoms with van der Waals surface area (Å²) in [5.41, 5.74) is -0.300. The molecule has 2 aromatic rings. The third-order valence-corrected chi connectivity index (χ3v) is 2.66. The number of nitrogens with one attached hydrogen (secondary N) is 1. The molecule has 1 aromatic heterocycles. The largest absolute Gasteiger partial charge is 0.416 e. The number of benzene rings is 1. The lowest BCUT2D eigenvalue weighted by Crippen LogP contribution is -2.15. The van der Waals surface area contributed by atoms with E-state index in [2.05, 4.69) is 15.3 Å². The van der Waals surface area contributed by atoms with Gasteiger partial charge in [0.25, 0.3) is 5.91 Å². The van der Waals surface area contributed by atoms with E-state index in [1.165, 1.54) is 12.1 Å². The summed E-state index contributed by atoms with van der Waals surface area (Å²) < 4.78 is 37.8. The van der Waals surface area contributed by atoms with Gasteiger partial charge in [-0.25, -0.2) is 9.97 Å². The van der Waals surface area contributed by atoms with Crippen molar-refractivity contribution >= 4 is 11.7 Å². The van der Waals surface area contributed by atoms with Crippen LogP contribution >= 0.6 is 0 Å². The van der Waals surface area contributed by atoms with E-state index in [0.29, 0.717) is 11.5 Å². The smallest absolute Gasteiger partial charge is 0.306 e. The van der Waals surface area contributed by atoms with Gasteiger partial charge in [0.2, 0.25) is 0 Å². The molecule has 110 valence electrons. The van der Waals surface area contributed by atoms with Crippen molar-refractivity contribution in [3.8, 4) is 0 Å². The number of aromatic nitrogens is 2. The Hall–Kier alpha value is -2.44. The number of hydrogen-bond acceptors (Lipinski definition) is 3. The van der Waals surface area contributed by atoms with Crippen molar-refractivity contribution in [1.29, 1.82) is 0 Å². The average Bonchev–Trinajstić information content (AvgIpc) is 2.36. The predicted molar refractivity (Wildman–Crippen MR) is 70.9 cm³/mol. The molecule has 1 amide bonds. The molecule has 2 rings (SSSR count). The molecule has 7 heteroatoms. The fourth-order valence-electron chi connectivity index (χ4n) is 1.81. The van der Waals surface area contributed by atoms with Crippen LogP contribution in [0.5, 0.6) is 0 Å². The maximum Gasteiger partial charge on any atom is 0.416 e. The van der Waals surface area contributed by atoms with Crippen LogP contribution in [-0.4, -0.2) is 15.9 Å². The number of aryl methyl sites for hydroxylation is 2. The van der Waals surface area contributed by atoms with Crippen LogP contribution in [0.2, 0.25) is 0 Å². The maximum absolute atomic E-state index is 12.6. The van der Waals surface area contributed by atoms with Gasteiger partial charge in [-0.05, 0) is 32.0 Å². The summed E-state index contributed by atoms with van der Waals surface area (Å²) in [5.74, 6) is 0.0651. The second kappa shape index (κ2) is 5.51. The Balaban J connectivity index is 2.24. The van der Waals surface area contributed by atoms with Gasteiger partial charge in [-0.1, -0.05) is 6.07 Å². The standard InChI is InChI=1S/C14H12F3N3O/c1-8-6-12(19-9(2)18-8)20-13(21)10-4-3-5-11(7-10)14(15,16)17/h3-7H,1-2H3,(H,18,19,20,21). The first kappa shape index (κ1) is 15.0. The fourth-order valence-corrected chi connectivity index (χ4v) is 1.81. The van der Waals surface area contributed by atoms with Crippen molar-refractivity contribution in [2.45, 2.75) is 20.0 Å². The van der Waals surface area contributed by atoms with Crippen LogP contribution in [0.15, 0.2) is 30.3 Å². The van der Waals surface area contributed by atoms with Gasteiger partial charge in [0.05, 0.1) is 5.56 Å². The van der Waals surface area contributed by atoms with E-state index >= 15 is 0 Å². The molecule has 0 saturated heterocycles. The summed E-state index contributed by atoms with van der Waals surface area (Å²) >= 11 is 0. The molecule has 0 saturated carbocycles. The zero-order chi connectivity index (χ0) is 15.6. The van der Waals surface area contributed by atoms with E-state index in [1.54, 1.807) is 19.9 Å². The summed E-state index contributed by atoms with van der Waals surface area (Å²) in [6.07, 6.45) is -4.49. The molecule has 1 heterocycles. The monoisotopic (exact) mass is 295 g/mol. The molecule has 1 aromatic carbocycles. The highest BCUT2D eigenvalue weighted by molar-refractivity contribution is 6.03. The number of carbonyl (C=O) groups excluding carboxylic acids is 1. The second-order valence-electron chi connectivity index (χ2n) is 4.47. The normalized spacial score (nSPS) is 11.3. The van der Waals surface area contributed by atoms with E-state index in [0.717, 1.165) is 12.1 Å². The first-order valence-corrected chi connectivity index (χ1v) is 6.06. The number of hydrogen-bond donors (Lipinski definition) is 1. The Morgan fingerprint density at radius 1 is 1.14 bits per heavy atom. The third-order valence-electron chi connectivity index (χ3n) is 2.66. The first-order chi connectivity index (χ1) is 9.75. The zero-order valence-corrected chi connectivity index (χ0v) is 11.3. The van der Waals surface area contributed by atoms with Gasteiger partial charge in [-0.3, -0.25) is 4.79 Å². The molecular formula is C14H12F3N3O. The number of halogens is 3. The molecule has 0 atom stereocenters. The first-order valence-electron chi connectivity index (χ1n) is 6.06. The minimum absolute atomic E-state index is 0.0845. The maximum atomic E-state index is 12.6. The lowest BCUT2D eigenvalue weighted by molar-refractivity contribution is -0.137. The van der Waals surface area contributed by atoms with Crippen LogP contribution in [0.1, 0.15) is 27.4 Å². The van der Waals surface area contributed by atoms with E-state index < -0.39 is 17.6 Å². The molecule has 0 spiro atoms. The quantitative estimate of drug-likeness (QED) is 0.924. The Kier molecular flexibility index (Phi) is 3.93. The lowest BCUT2D eigenvalue weighted by Gasteiger charge is -2.09. The fraction of sp³-hybridized carbons (Fsp3) is 0.214. The van der Waals surface area contributed by atoms with Crippen LogP contribution in [0.25, 0.3) is 0 Å². The highest BCUT2D eigenvalue weighted by Crippen LogP contribution is 2.29. The average molecular weight is 295 g/mol. The summed E-state index contributed by atoms with van der Waals surface area (Å²) in [6, 6.07) is 5.75. The number of rotatable bonds is 2. The Labute approximate surface area is 119 Å². The second-order valence-corrected chi connectivity index (χ2v) is 4.47. The van der Waals surface area contributed by atoms with Crippen molar-refractivity contribution in [1.82, 2.24) is 9.97 Å². The summed E-state index contributed by atoms with van der Waals surface area (Å²) in [4.78, 5) is 20.0. The summed E-state index contributed by atoms with van der Waals surface area (Å²) in [6.45, 7) is 3.39. The van der Waals surface area contributed by atoms with Crippen LogP contribution in [0, 0.1) is 13.8 Å². The zero-order valence-electron chi connectivity index (χ0n) is 11.3. The van der Waals surface area contributed by atoms with Gasteiger partial charge in [-0.2, -0.15) is 13.2 Å². The van der Waals surface area contributed by atoms with Gasteiger partial charge in [-0.15, -0.1) is 0 Å². The number of anilines is 1. The molecule has 21 heavy (non-hydrogen) atoms. The lowest BCUT2D eigenvalue weighted by atomic mass is 10.1. The molecule has 0 radical (unpaired) electrons. The van der Waals surface area contributed by atoms with Crippen LogP contribution < -0.4 is 5.32 Å². The summed E-state index contributed by atoms with van der Waals surface area (Å²) in [5, 5.41) is 2.46. The molecule has 0 bridgehead atoms. The number of alkyl halides is 3. The van der Waals surface area contributed by atoms with Crippen molar-refractivity contribution in [2.75, 3.05) is 5.32 Å². The van der Waals surface area contributed by atoms with Gasteiger partial charge in [0, 0.05) is 17.3 Å². The molecule has 0 fully saturated rings. The van der Waals surface area contributed by atoms with Crippen molar-refractivity contribution < 1.29 is 18.0 Å². The van der Waals surface area contributed by atoms with Crippen LogP contribution in [0.3, 0.4) is 0 Å². The molecular weight excluding hydrogens is 283 g/mol. The van der Waals surface area contributed by atoms with E-state index in [9.17, 15) is 18.0 Å². The number of nitrogens with zero attached hydrogens (tertiary/aromatic N) is 2. The van der Waals surface area contributed by atoms with Crippen LogP contribution in [0.4, 0.5) is 19.0 Å². The molecule has 0 aliphatic carbocycles. The molecule has 0 aliphatic rings. The highest BCUT2D eigenvalue weighted by atomic mass is 19.4. The molecule has 4 nitrogen and oxygen atoms in total. The van der Waals surface area contributed by atoms with E-state index in [-0.39, 0.29) is 11.4 Å².